The molecule has 0 spiro atoms. The SMILES string of the molecule is C[C@@H]1CCCCN1c1cc(N2CCN(c3ccccc3)CC2)nc(NC(=S)NC2CCCC2)n1. The van der Waals surface area contributed by atoms with Gasteiger partial charge in [-0.25, -0.2) is 0 Å². The molecular formula is C26H37N7S. The summed E-state index contributed by atoms with van der Waals surface area (Å²) in [4.78, 5) is 17.1. The van der Waals surface area contributed by atoms with Crippen molar-refractivity contribution in [3.63, 3.8) is 0 Å². The van der Waals surface area contributed by atoms with E-state index >= 15 is 0 Å². The van der Waals surface area contributed by atoms with Gasteiger partial charge in [-0.2, -0.15) is 9.97 Å². The number of piperidine rings is 1. The molecule has 2 aliphatic heterocycles. The Labute approximate surface area is 208 Å². The van der Waals surface area contributed by atoms with Gasteiger partial charge < -0.3 is 25.3 Å². The van der Waals surface area contributed by atoms with Gasteiger partial charge in [0.1, 0.15) is 11.6 Å². The van der Waals surface area contributed by atoms with Crippen molar-refractivity contribution >= 4 is 40.6 Å². The second-order valence-corrected chi connectivity index (χ2v) is 10.2. The maximum Gasteiger partial charge on any atom is 0.232 e. The highest BCUT2D eigenvalue weighted by Gasteiger charge is 2.24. The monoisotopic (exact) mass is 479 g/mol. The predicted octanol–water partition coefficient (Wildman–Crippen LogP) is 4.41. The Kier molecular flexibility index (Phi) is 7.33. The van der Waals surface area contributed by atoms with Gasteiger partial charge in [-0.15, -0.1) is 0 Å². The van der Waals surface area contributed by atoms with E-state index in [1.165, 1.54) is 50.6 Å². The van der Waals surface area contributed by atoms with Gasteiger partial charge in [0.25, 0.3) is 0 Å². The number of hydrogen-bond donors (Lipinski definition) is 2. The number of aromatic nitrogens is 2. The smallest absolute Gasteiger partial charge is 0.232 e. The Balaban J connectivity index is 1.33. The highest BCUT2D eigenvalue weighted by atomic mass is 32.1. The van der Waals surface area contributed by atoms with Crippen LogP contribution in [0, 0.1) is 0 Å². The number of piperazine rings is 1. The van der Waals surface area contributed by atoms with Gasteiger partial charge in [0.2, 0.25) is 5.95 Å². The lowest BCUT2D eigenvalue weighted by molar-refractivity contribution is 0.481. The minimum absolute atomic E-state index is 0.468. The van der Waals surface area contributed by atoms with Crippen molar-refractivity contribution in [2.75, 3.05) is 52.7 Å². The van der Waals surface area contributed by atoms with Crippen molar-refractivity contribution in [1.82, 2.24) is 15.3 Å². The number of rotatable bonds is 5. The Morgan fingerprint density at radius 3 is 2.26 bits per heavy atom. The molecule has 2 N–H and O–H groups in total. The number of hydrogen-bond acceptors (Lipinski definition) is 6. The summed E-state index contributed by atoms with van der Waals surface area (Å²) in [5.41, 5.74) is 1.29. The van der Waals surface area contributed by atoms with Crippen LogP contribution in [-0.2, 0) is 0 Å². The third-order valence-corrected chi connectivity index (χ3v) is 7.66. The molecule has 182 valence electrons. The standard InChI is InChI=1S/C26H37N7S/c1-20-9-7-8-14-33(20)24-19-23(28-25(29-24)30-26(34)27-21-10-5-6-11-21)32-17-15-31(16-18-32)22-12-3-2-4-13-22/h2-4,12-13,19-21H,5-11,14-18H2,1H3,(H2,27,28,29,30,34)/t20-/m1/s1. The number of thiocarbonyl (C=S) groups is 1. The maximum absolute atomic E-state index is 5.63. The molecule has 2 aromatic rings. The second-order valence-electron chi connectivity index (χ2n) is 9.84. The predicted molar refractivity (Wildman–Crippen MR) is 145 cm³/mol. The van der Waals surface area contributed by atoms with Gasteiger partial charge in [0, 0.05) is 56.6 Å². The molecule has 5 rings (SSSR count). The van der Waals surface area contributed by atoms with Gasteiger partial charge in [-0.05, 0) is 63.4 Å². The number of nitrogens with zero attached hydrogens (tertiary/aromatic N) is 5. The minimum Gasteiger partial charge on any atom is -0.368 e. The van der Waals surface area contributed by atoms with Gasteiger partial charge in [-0.1, -0.05) is 31.0 Å². The minimum atomic E-state index is 0.468. The summed E-state index contributed by atoms with van der Waals surface area (Å²) >= 11 is 5.63. The van der Waals surface area contributed by atoms with E-state index in [1.54, 1.807) is 0 Å². The lowest BCUT2D eigenvalue weighted by atomic mass is 10.0. The molecule has 8 heteroatoms. The highest BCUT2D eigenvalue weighted by Crippen LogP contribution is 2.28. The molecule has 0 unspecified atom stereocenters. The first-order valence-electron chi connectivity index (χ1n) is 12.9. The van der Waals surface area contributed by atoms with Gasteiger partial charge in [0.05, 0.1) is 0 Å². The molecule has 0 bridgehead atoms. The number of nitrogens with one attached hydrogen (secondary N) is 2. The average Bonchev–Trinajstić information content (AvgIpc) is 3.37. The van der Waals surface area contributed by atoms with Crippen molar-refractivity contribution in [1.29, 1.82) is 0 Å². The van der Waals surface area contributed by atoms with Gasteiger partial charge in [-0.3, -0.25) is 0 Å². The van der Waals surface area contributed by atoms with E-state index in [0.29, 0.717) is 23.1 Å². The molecule has 3 aliphatic rings. The molecule has 1 atom stereocenters. The topological polar surface area (TPSA) is 59.6 Å². The number of anilines is 4. The van der Waals surface area contributed by atoms with Crippen LogP contribution in [0.15, 0.2) is 36.4 Å². The van der Waals surface area contributed by atoms with Crippen LogP contribution in [0.4, 0.5) is 23.3 Å². The molecule has 1 saturated carbocycles. The summed E-state index contributed by atoms with van der Waals surface area (Å²) < 4.78 is 0. The van der Waals surface area contributed by atoms with Crippen molar-refractivity contribution in [3.8, 4) is 0 Å². The van der Waals surface area contributed by atoms with Crippen LogP contribution in [0.3, 0.4) is 0 Å². The van der Waals surface area contributed by atoms with E-state index in [-0.39, 0.29) is 0 Å². The van der Waals surface area contributed by atoms with Crippen LogP contribution >= 0.6 is 12.2 Å². The average molecular weight is 480 g/mol. The van der Waals surface area contributed by atoms with E-state index in [0.717, 1.165) is 44.4 Å². The molecule has 3 heterocycles. The highest BCUT2D eigenvalue weighted by molar-refractivity contribution is 7.80. The first kappa shape index (κ1) is 23.1. The molecule has 7 nitrogen and oxygen atoms in total. The van der Waals surface area contributed by atoms with E-state index < -0.39 is 0 Å². The lowest BCUT2D eigenvalue weighted by Crippen LogP contribution is -2.47. The van der Waals surface area contributed by atoms with Gasteiger partial charge >= 0.3 is 0 Å². The summed E-state index contributed by atoms with van der Waals surface area (Å²) in [6.45, 7) is 7.18. The lowest BCUT2D eigenvalue weighted by Gasteiger charge is -2.38. The molecule has 2 saturated heterocycles. The van der Waals surface area contributed by atoms with Crippen LogP contribution in [0.5, 0.6) is 0 Å². The summed E-state index contributed by atoms with van der Waals surface area (Å²) in [7, 11) is 0. The Morgan fingerprint density at radius 1 is 0.853 bits per heavy atom. The van der Waals surface area contributed by atoms with Gasteiger partial charge in [0.15, 0.2) is 5.11 Å². The van der Waals surface area contributed by atoms with E-state index in [4.69, 9.17) is 22.2 Å². The summed E-state index contributed by atoms with van der Waals surface area (Å²) in [5, 5.41) is 7.41. The first-order valence-corrected chi connectivity index (χ1v) is 13.3. The van der Waals surface area contributed by atoms with Crippen LogP contribution in [-0.4, -0.2) is 59.9 Å². The Hall–Kier alpha value is -2.61. The zero-order valence-electron chi connectivity index (χ0n) is 20.2. The van der Waals surface area contributed by atoms with Crippen molar-refractivity contribution in [2.24, 2.45) is 0 Å². The molecular weight excluding hydrogens is 442 g/mol. The summed E-state index contributed by atoms with van der Waals surface area (Å²) in [5.74, 6) is 2.60. The first-order chi connectivity index (χ1) is 16.7. The number of benzene rings is 1. The van der Waals surface area contributed by atoms with Crippen LogP contribution in [0.1, 0.15) is 51.9 Å². The largest absolute Gasteiger partial charge is 0.368 e. The van der Waals surface area contributed by atoms with Crippen molar-refractivity contribution in [3.05, 3.63) is 36.4 Å². The van der Waals surface area contributed by atoms with E-state index in [1.807, 2.05) is 0 Å². The molecule has 1 aromatic heterocycles. The maximum atomic E-state index is 5.63. The fraction of sp³-hybridized carbons (Fsp3) is 0.577. The van der Waals surface area contributed by atoms with E-state index in [2.05, 4.69) is 68.7 Å². The molecule has 34 heavy (non-hydrogen) atoms. The molecule has 1 aromatic carbocycles. The fourth-order valence-corrected chi connectivity index (χ4v) is 5.71. The Morgan fingerprint density at radius 2 is 1.53 bits per heavy atom. The van der Waals surface area contributed by atoms with Crippen molar-refractivity contribution < 1.29 is 0 Å². The molecule has 1 aliphatic carbocycles. The molecule has 0 radical (unpaired) electrons. The summed E-state index contributed by atoms with van der Waals surface area (Å²) in [6, 6.07) is 13.8. The van der Waals surface area contributed by atoms with Crippen LogP contribution < -0.4 is 25.3 Å². The van der Waals surface area contributed by atoms with Crippen molar-refractivity contribution in [2.45, 2.75) is 64.0 Å². The van der Waals surface area contributed by atoms with Crippen LogP contribution in [0.2, 0.25) is 0 Å². The fourth-order valence-electron chi connectivity index (χ4n) is 5.45. The zero-order chi connectivity index (χ0) is 23.3. The molecule has 3 fully saturated rings. The third-order valence-electron chi connectivity index (χ3n) is 7.44. The quantitative estimate of drug-likeness (QED) is 0.612. The zero-order valence-corrected chi connectivity index (χ0v) is 21.1. The Bertz CT molecular complexity index is 955. The third kappa shape index (κ3) is 5.54. The van der Waals surface area contributed by atoms with E-state index in [9.17, 15) is 0 Å². The van der Waals surface area contributed by atoms with Crippen LogP contribution in [0.25, 0.3) is 0 Å². The molecule has 0 amide bonds. The second kappa shape index (κ2) is 10.8. The summed E-state index contributed by atoms with van der Waals surface area (Å²) in [6.07, 6.45) is 8.63. The number of para-hydroxylation sites is 1. The normalized spacial score (nSPS) is 21.6.